The number of hydrogen-bond acceptors (Lipinski definition) is 4. The number of amides is 3. The lowest BCUT2D eigenvalue weighted by atomic mass is 10.1. The van der Waals surface area contributed by atoms with Gasteiger partial charge in [-0.25, -0.2) is 0 Å². The Bertz CT molecular complexity index is 322. The molecule has 3 amide bonds. The Balaban J connectivity index is 2.50. The minimum absolute atomic E-state index is 0.176. The lowest BCUT2D eigenvalue weighted by Gasteiger charge is -2.25. The summed E-state index contributed by atoms with van der Waals surface area (Å²) in [6, 6.07) is -1.21. The third-order valence-corrected chi connectivity index (χ3v) is 2.84. The largest absolute Gasteiger partial charge is 0.354 e. The molecular weight excluding hydrogens is 242 g/mol. The van der Waals surface area contributed by atoms with Crippen molar-refractivity contribution in [2.24, 2.45) is 0 Å². The standard InChI is InChI=1S/C10H17N3O3S/c1-6(14)12-8(5-17)10(16)13-7-3-2-4-11-9(7)15/h7-8,17H,2-5H2,1H3,(H,11,15)(H,12,14)(H,13,16). The Labute approximate surface area is 105 Å². The van der Waals surface area contributed by atoms with Crippen LogP contribution < -0.4 is 16.0 Å². The summed E-state index contributed by atoms with van der Waals surface area (Å²) >= 11 is 3.99. The maximum Gasteiger partial charge on any atom is 0.244 e. The molecule has 0 radical (unpaired) electrons. The number of piperidine rings is 1. The van der Waals surface area contributed by atoms with Crippen LogP contribution in [0.3, 0.4) is 0 Å². The highest BCUT2D eigenvalue weighted by molar-refractivity contribution is 7.80. The van der Waals surface area contributed by atoms with Gasteiger partial charge in [-0.15, -0.1) is 0 Å². The van der Waals surface area contributed by atoms with E-state index in [9.17, 15) is 14.4 Å². The van der Waals surface area contributed by atoms with E-state index in [1.165, 1.54) is 6.92 Å². The fourth-order valence-corrected chi connectivity index (χ4v) is 1.88. The van der Waals surface area contributed by atoms with Crippen molar-refractivity contribution in [3.8, 4) is 0 Å². The van der Waals surface area contributed by atoms with E-state index in [1.807, 2.05) is 0 Å². The molecule has 0 aromatic heterocycles. The first-order chi connectivity index (χ1) is 8.04. The quantitative estimate of drug-likeness (QED) is 0.479. The number of carbonyl (C=O) groups is 3. The second kappa shape index (κ2) is 6.48. The predicted molar refractivity (Wildman–Crippen MR) is 65.6 cm³/mol. The van der Waals surface area contributed by atoms with Gasteiger partial charge in [0.1, 0.15) is 12.1 Å². The van der Waals surface area contributed by atoms with E-state index in [4.69, 9.17) is 0 Å². The second-order valence-corrected chi connectivity index (χ2v) is 4.30. The van der Waals surface area contributed by atoms with Crippen molar-refractivity contribution in [3.63, 3.8) is 0 Å². The van der Waals surface area contributed by atoms with Crippen LogP contribution in [0.1, 0.15) is 19.8 Å². The van der Waals surface area contributed by atoms with Crippen molar-refractivity contribution in [2.45, 2.75) is 31.8 Å². The van der Waals surface area contributed by atoms with Crippen LogP contribution in [-0.4, -0.2) is 42.1 Å². The first-order valence-electron chi connectivity index (χ1n) is 5.50. The van der Waals surface area contributed by atoms with Crippen LogP contribution >= 0.6 is 12.6 Å². The Kier molecular flexibility index (Phi) is 5.27. The van der Waals surface area contributed by atoms with Crippen LogP contribution in [0.25, 0.3) is 0 Å². The highest BCUT2D eigenvalue weighted by atomic mass is 32.1. The summed E-state index contributed by atoms with van der Waals surface area (Å²) in [5, 5.41) is 7.76. The lowest BCUT2D eigenvalue weighted by molar-refractivity contribution is -0.132. The van der Waals surface area contributed by atoms with E-state index >= 15 is 0 Å². The minimum atomic E-state index is -0.703. The average Bonchev–Trinajstić information content (AvgIpc) is 2.28. The van der Waals surface area contributed by atoms with Crippen molar-refractivity contribution < 1.29 is 14.4 Å². The van der Waals surface area contributed by atoms with Gasteiger partial charge in [-0.3, -0.25) is 14.4 Å². The molecule has 0 spiro atoms. The zero-order valence-electron chi connectivity index (χ0n) is 9.66. The summed E-state index contributed by atoms with van der Waals surface area (Å²) in [7, 11) is 0. The van der Waals surface area contributed by atoms with E-state index in [0.717, 1.165) is 6.42 Å². The SMILES string of the molecule is CC(=O)NC(CS)C(=O)NC1CCCNC1=O. The monoisotopic (exact) mass is 259 g/mol. The second-order valence-electron chi connectivity index (χ2n) is 3.93. The van der Waals surface area contributed by atoms with Crippen molar-refractivity contribution >= 4 is 30.4 Å². The first-order valence-corrected chi connectivity index (χ1v) is 6.14. The van der Waals surface area contributed by atoms with Crippen LogP contribution in [0.2, 0.25) is 0 Å². The molecule has 0 bridgehead atoms. The Morgan fingerprint density at radius 3 is 2.82 bits per heavy atom. The molecule has 2 atom stereocenters. The van der Waals surface area contributed by atoms with Crippen LogP contribution in [0.4, 0.5) is 0 Å². The molecule has 0 aromatic carbocycles. The molecule has 3 N–H and O–H groups in total. The molecule has 1 rings (SSSR count). The van der Waals surface area contributed by atoms with Crippen LogP contribution in [0.15, 0.2) is 0 Å². The fraction of sp³-hybridized carbons (Fsp3) is 0.700. The molecule has 0 aromatic rings. The van der Waals surface area contributed by atoms with Gasteiger partial charge in [0.2, 0.25) is 17.7 Å². The first kappa shape index (κ1) is 13.8. The molecule has 6 nitrogen and oxygen atoms in total. The van der Waals surface area contributed by atoms with Crippen LogP contribution in [0.5, 0.6) is 0 Å². The molecule has 0 saturated carbocycles. The zero-order chi connectivity index (χ0) is 12.8. The number of hydrogen-bond donors (Lipinski definition) is 4. The lowest BCUT2D eigenvalue weighted by Crippen LogP contribution is -2.55. The normalized spacial score (nSPS) is 21.3. The van der Waals surface area contributed by atoms with Crippen molar-refractivity contribution in [1.82, 2.24) is 16.0 Å². The van der Waals surface area contributed by atoms with Gasteiger partial charge in [0.15, 0.2) is 0 Å². The highest BCUT2D eigenvalue weighted by Gasteiger charge is 2.26. The summed E-state index contributed by atoms with van der Waals surface area (Å²) in [5.74, 6) is -0.658. The van der Waals surface area contributed by atoms with Crippen LogP contribution in [-0.2, 0) is 14.4 Å². The molecule has 2 unspecified atom stereocenters. The van der Waals surface area contributed by atoms with E-state index in [1.54, 1.807) is 0 Å². The summed E-state index contributed by atoms with van der Waals surface area (Å²) in [5.41, 5.74) is 0. The topological polar surface area (TPSA) is 87.3 Å². The Morgan fingerprint density at radius 2 is 2.29 bits per heavy atom. The maximum absolute atomic E-state index is 11.8. The average molecular weight is 259 g/mol. The third kappa shape index (κ3) is 4.26. The van der Waals surface area contributed by atoms with Crippen molar-refractivity contribution in [2.75, 3.05) is 12.3 Å². The molecule has 1 aliphatic rings. The highest BCUT2D eigenvalue weighted by Crippen LogP contribution is 2.03. The molecule has 7 heteroatoms. The van der Waals surface area contributed by atoms with Crippen molar-refractivity contribution in [3.05, 3.63) is 0 Å². The van der Waals surface area contributed by atoms with Gasteiger partial charge in [0.05, 0.1) is 0 Å². The number of thiol groups is 1. The molecule has 96 valence electrons. The molecule has 17 heavy (non-hydrogen) atoms. The van der Waals surface area contributed by atoms with Gasteiger partial charge in [-0.1, -0.05) is 0 Å². The van der Waals surface area contributed by atoms with Gasteiger partial charge >= 0.3 is 0 Å². The molecule has 1 aliphatic heterocycles. The summed E-state index contributed by atoms with van der Waals surface area (Å²) in [6.45, 7) is 1.98. The summed E-state index contributed by atoms with van der Waals surface area (Å²) in [4.78, 5) is 34.1. The van der Waals surface area contributed by atoms with Gasteiger partial charge < -0.3 is 16.0 Å². The van der Waals surface area contributed by atoms with E-state index < -0.39 is 12.1 Å². The Hall–Kier alpha value is -1.24. The van der Waals surface area contributed by atoms with Gasteiger partial charge in [-0.2, -0.15) is 12.6 Å². The number of rotatable bonds is 4. The molecule has 1 fully saturated rings. The number of nitrogens with one attached hydrogen (secondary N) is 3. The molecular formula is C10H17N3O3S. The molecule has 1 saturated heterocycles. The smallest absolute Gasteiger partial charge is 0.244 e. The van der Waals surface area contributed by atoms with Gasteiger partial charge in [0, 0.05) is 19.2 Å². The van der Waals surface area contributed by atoms with E-state index in [2.05, 4.69) is 28.6 Å². The number of carbonyl (C=O) groups excluding carboxylic acids is 3. The van der Waals surface area contributed by atoms with Gasteiger partial charge in [0.25, 0.3) is 0 Å². The summed E-state index contributed by atoms with van der Waals surface area (Å²) < 4.78 is 0. The zero-order valence-corrected chi connectivity index (χ0v) is 10.5. The molecule has 0 aliphatic carbocycles. The van der Waals surface area contributed by atoms with E-state index in [-0.39, 0.29) is 23.5 Å². The third-order valence-electron chi connectivity index (χ3n) is 2.48. The van der Waals surface area contributed by atoms with Crippen molar-refractivity contribution in [1.29, 1.82) is 0 Å². The summed E-state index contributed by atoms with van der Waals surface area (Å²) in [6.07, 6.45) is 1.46. The van der Waals surface area contributed by atoms with Crippen LogP contribution in [0, 0.1) is 0 Å². The minimum Gasteiger partial charge on any atom is -0.354 e. The predicted octanol–water partition coefficient (Wildman–Crippen LogP) is -1.18. The maximum atomic E-state index is 11.8. The van der Waals surface area contributed by atoms with E-state index in [0.29, 0.717) is 13.0 Å². The van der Waals surface area contributed by atoms with Gasteiger partial charge in [-0.05, 0) is 12.8 Å². The Morgan fingerprint density at radius 1 is 1.59 bits per heavy atom. The molecule has 1 heterocycles. The fourth-order valence-electron chi connectivity index (χ4n) is 1.62.